The molecular formula is C10H14OS. The van der Waals surface area contributed by atoms with E-state index in [1.807, 2.05) is 17.5 Å². The monoisotopic (exact) mass is 182 g/mol. The minimum atomic E-state index is -0.199. The van der Waals surface area contributed by atoms with Crippen molar-refractivity contribution in [2.24, 2.45) is 5.92 Å². The zero-order chi connectivity index (χ0) is 8.39. The molecule has 1 aliphatic rings. The summed E-state index contributed by atoms with van der Waals surface area (Å²) in [6.07, 6.45) is 4.78. The van der Waals surface area contributed by atoms with E-state index in [9.17, 15) is 5.11 Å². The Balaban J connectivity index is 1.87. The molecule has 66 valence electrons. The molecule has 1 fully saturated rings. The number of aliphatic hydroxyl groups excluding tert-OH is 1. The summed E-state index contributed by atoms with van der Waals surface area (Å²) in [6.45, 7) is 0. The van der Waals surface area contributed by atoms with Crippen LogP contribution in [0.25, 0.3) is 0 Å². The van der Waals surface area contributed by atoms with Gasteiger partial charge in [-0.25, -0.2) is 0 Å². The molecule has 0 aliphatic heterocycles. The van der Waals surface area contributed by atoms with E-state index in [-0.39, 0.29) is 6.10 Å². The molecule has 1 nitrogen and oxygen atoms in total. The number of rotatable bonds is 3. The van der Waals surface area contributed by atoms with Crippen LogP contribution in [0.5, 0.6) is 0 Å². The molecule has 0 radical (unpaired) electrons. The van der Waals surface area contributed by atoms with E-state index in [4.69, 9.17) is 0 Å². The van der Waals surface area contributed by atoms with Gasteiger partial charge in [-0.2, -0.15) is 0 Å². The smallest absolute Gasteiger partial charge is 0.0884 e. The molecular weight excluding hydrogens is 168 g/mol. The zero-order valence-electron chi connectivity index (χ0n) is 7.07. The summed E-state index contributed by atoms with van der Waals surface area (Å²) in [5, 5.41) is 11.8. The van der Waals surface area contributed by atoms with Crippen LogP contribution in [0.3, 0.4) is 0 Å². The van der Waals surface area contributed by atoms with Gasteiger partial charge in [-0.05, 0) is 23.8 Å². The lowest BCUT2D eigenvalue weighted by molar-refractivity contribution is 0.121. The second-order valence-electron chi connectivity index (χ2n) is 3.56. The summed E-state index contributed by atoms with van der Waals surface area (Å²) in [6, 6.07) is 4.03. The van der Waals surface area contributed by atoms with Crippen LogP contribution in [-0.2, 0) is 0 Å². The quantitative estimate of drug-likeness (QED) is 0.762. The first kappa shape index (κ1) is 8.27. The van der Waals surface area contributed by atoms with Crippen molar-refractivity contribution in [2.45, 2.75) is 31.8 Å². The molecule has 0 spiro atoms. The SMILES string of the molecule is OC(CC1CCC1)c1cccs1. The van der Waals surface area contributed by atoms with Gasteiger partial charge in [-0.1, -0.05) is 25.3 Å². The van der Waals surface area contributed by atoms with Crippen molar-refractivity contribution in [1.29, 1.82) is 0 Å². The van der Waals surface area contributed by atoms with Gasteiger partial charge in [-0.3, -0.25) is 0 Å². The second-order valence-corrected chi connectivity index (χ2v) is 4.54. The lowest BCUT2D eigenvalue weighted by Crippen LogP contribution is -2.14. The third-order valence-corrected chi connectivity index (χ3v) is 3.63. The summed E-state index contributed by atoms with van der Waals surface area (Å²) in [5.74, 6) is 0.794. The van der Waals surface area contributed by atoms with Gasteiger partial charge in [0.15, 0.2) is 0 Å². The van der Waals surface area contributed by atoms with Crippen LogP contribution in [-0.4, -0.2) is 5.11 Å². The molecule has 1 unspecified atom stereocenters. The Kier molecular flexibility index (Phi) is 2.47. The third-order valence-electron chi connectivity index (χ3n) is 2.65. The van der Waals surface area contributed by atoms with Gasteiger partial charge >= 0.3 is 0 Å². The van der Waals surface area contributed by atoms with E-state index in [1.54, 1.807) is 11.3 Å². The Hall–Kier alpha value is -0.340. The minimum absolute atomic E-state index is 0.199. The maximum atomic E-state index is 9.76. The molecule has 1 saturated carbocycles. The largest absolute Gasteiger partial charge is 0.388 e. The van der Waals surface area contributed by atoms with Crippen LogP contribution in [0.2, 0.25) is 0 Å². The highest BCUT2D eigenvalue weighted by Crippen LogP contribution is 2.35. The Morgan fingerprint density at radius 2 is 2.42 bits per heavy atom. The lowest BCUT2D eigenvalue weighted by Gasteiger charge is -2.27. The van der Waals surface area contributed by atoms with Crippen molar-refractivity contribution < 1.29 is 5.11 Å². The summed E-state index contributed by atoms with van der Waals surface area (Å²) in [5.41, 5.74) is 0. The summed E-state index contributed by atoms with van der Waals surface area (Å²) in [4.78, 5) is 1.13. The standard InChI is InChI=1S/C10H14OS/c11-9(7-8-3-1-4-8)10-5-2-6-12-10/h2,5-6,8-9,11H,1,3-4,7H2. The molecule has 1 aromatic heterocycles. The lowest BCUT2D eigenvalue weighted by atomic mass is 9.81. The van der Waals surface area contributed by atoms with Gasteiger partial charge < -0.3 is 5.11 Å². The summed E-state index contributed by atoms with van der Waals surface area (Å²) in [7, 11) is 0. The van der Waals surface area contributed by atoms with Gasteiger partial charge in [0.05, 0.1) is 6.10 Å². The number of hydrogen-bond acceptors (Lipinski definition) is 2. The Morgan fingerprint density at radius 1 is 1.58 bits per heavy atom. The highest BCUT2D eigenvalue weighted by Gasteiger charge is 2.21. The topological polar surface area (TPSA) is 20.2 Å². The van der Waals surface area contributed by atoms with Crippen molar-refractivity contribution in [3.63, 3.8) is 0 Å². The molecule has 0 saturated heterocycles. The maximum absolute atomic E-state index is 9.76. The first-order valence-electron chi connectivity index (χ1n) is 4.58. The van der Waals surface area contributed by atoms with Crippen LogP contribution in [0, 0.1) is 5.92 Å². The molecule has 1 aromatic rings. The minimum Gasteiger partial charge on any atom is -0.388 e. The maximum Gasteiger partial charge on any atom is 0.0884 e. The summed E-state index contributed by atoms with van der Waals surface area (Å²) < 4.78 is 0. The predicted octanol–water partition coefficient (Wildman–Crippen LogP) is 2.97. The molecule has 0 amide bonds. The van der Waals surface area contributed by atoms with Crippen LogP contribution >= 0.6 is 11.3 Å². The highest BCUT2D eigenvalue weighted by atomic mass is 32.1. The highest BCUT2D eigenvalue weighted by molar-refractivity contribution is 7.10. The van der Waals surface area contributed by atoms with E-state index < -0.39 is 0 Å². The normalized spacial score (nSPS) is 20.4. The molecule has 1 atom stereocenters. The van der Waals surface area contributed by atoms with Gasteiger partial charge in [0.2, 0.25) is 0 Å². The Morgan fingerprint density at radius 3 is 2.92 bits per heavy atom. The van der Waals surface area contributed by atoms with Crippen LogP contribution in [0.15, 0.2) is 17.5 Å². The van der Waals surface area contributed by atoms with E-state index >= 15 is 0 Å². The van der Waals surface area contributed by atoms with Crippen molar-refractivity contribution >= 4 is 11.3 Å². The molecule has 1 aliphatic carbocycles. The number of aliphatic hydroxyl groups is 1. The molecule has 0 aromatic carbocycles. The molecule has 12 heavy (non-hydrogen) atoms. The van der Waals surface area contributed by atoms with E-state index in [0.29, 0.717) is 0 Å². The summed E-state index contributed by atoms with van der Waals surface area (Å²) >= 11 is 1.66. The Labute approximate surface area is 77.0 Å². The van der Waals surface area contributed by atoms with Crippen molar-refractivity contribution in [3.05, 3.63) is 22.4 Å². The second kappa shape index (κ2) is 3.58. The van der Waals surface area contributed by atoms with E-state index in [0.717, 1.165) is 17.2 Å². The van der Waals surface area contributed by atoms with E-state index in [1.165, 1.54) is 19.3 Å². The molecule has 0 bridgehead atoms. The fraction of sp³-hybridized carbons (Fsp3) is 0.600. The molecule has 2 rings (SSSR count). The van der Waals surface area contributed by atoms with Gasteiger partial charge in [0.1, 0.15) is 0 Å². The third kappa shape index (κ3) is 1.70. The van der Waals surface area contributed by atoms with Crippen molar-refractivity contribution in [2.75, 3.05) is 0 Å². The number of hydrogen-bond donors (Lipinski definition) is 1. The van der Waals surface area contributed by atoms with Crippen LogP contribution < -0.4 is 0 Å². The fourth-order valence-corrected chi connectivity index (χ4v) is 2.37. The van der Waals surface area contributed by atoms with Crippen LogP contribution in [0.4, 0.5) is 0 Å². The van der Waals surface area contributed by atoms with Gasteiger partial charge in [0.25, 0.3) is 0 Å². The predicted molar refractivity (Wildman–Crippen MR) is 51.2 cm³/mol. The van der Waals surface area contributed by atoms with Crippen molar-refractivity contribution in [1.82, 2.24) is 0 Å². The van der Waals surface area contributed by atoms with Gasteiger partial charge in [-0.15, -0.1) is 11.3 Å². The Bertz CT molecular complexity index is 226. The first-order chi connectivity index (χ1) is 5.86. The molecule has 1 heterocycles. The van der Waals surface area contributed by atoms with Crippen LogP contribution in [0.1, 0.15) is 36.7 Å². The fourth-order valence-electron chi connectivity index (χ4n) is 1.64. The number of thiophene rings is 1. The average Bonchev–Trinajstić information content (AvgIpc) is 2.47. The molecule has 2 heteroatoms. The van der Waals surface area contributed by atoms with E-state index in [2.05, 4.69) is 0 Å². The van der Waals surface area contributed by atoms with Crippen molar-refractivity contribution in [3.8, 4) is 0 Å². The average molecular weight is 182 g/mol. The van der Waals surface area contributed by atoms with Gasteiger partial charge in [0, 0.05) is 4.88 Å². The zero-order valence-corrected chi connectivity index (χ0v) is 7.89. The first-order valence-corrected chi connectivity index (χ1v) is 5.45. The molecule has 1 N–H and O–H groups in total.